The number of Topliss-reactive ketones (excluding diaryl/α,β-unsaturated/α-hetero) is 1. The van der Waals surface area contributed by atoms with Crippen LogP contribution < -0.4 is 5.32 Å². The van der Waals surface area contributed by atoms with E-state index in [0.717, 1.165) is 5.56 Å². The lowest BCUT2D eigenvalue weighted by Crippen LogP contribution is -2.29. The second kappa shape index (κ2) is 7.82. The van der Waals surface area contributed by atoms with Crippen LogP contribution in [-0.4, -0.2) is 18.2 Å². The average Bonchev–Trinajstić information content (AvgIpc) is 2.53. The SMILES string of the molecule is O=C(NCC(=O)c1ccc(Cl)cc1)/C(S)=C/c1ccccc1. The molecule has 0 spiro atoms. The Balaban J connectivity index is 1.93. The minimum Gasteiger partial charge on any atom is -0.344 e. The van der Waals surface area contributed by atoms with Crippen LogP contribution in [0.2, 0.25) is 5.02 Å². The average molecular weight is 332 g/mol. The van der Waals surface area contributed by atoms with Crippen molar-refractivity contribution < 1.29 is 9.59 Å². The van der Waals surface area contributed by atoms with Gasteiger partial charge in [-0.15, -0.1) is 12.6 Å². The number of rotatable bonds is 5. The van der Waals surface area contributed by atoms with Crippen molar-refractivity contribution in [3.05, 3.63) is 75.7 Å². The third-order valence-corrected chi connectivity index (χ3v) is 3.50. The lowest BCUT2D eigenvalue weighted by Gasteiger charge is -2.05. The highest BCUT2D eigenvalue weighted by Crippen LogP contribution is 2.11. The van der Waals surface area contributed by atoms with E-state index in [-0.39, 0.29) is 17.2 Å². The van der Waals surface area contributed by atoms with E-state index in [1.807, 2.05) is 30.3 Å². The van der Waals surface area contributed by atoms with Crippen molar-refractivity contribution >= 4 is 42.0 Å². The van der Waals surface area contributed by atoms with Gasteiger partial charge in [0.25, 0.3) is 5.91 Å². The summed E-state index contributed by atoms with van der Waals surface area (Å²) in [6.07, 6.45) is 1.64. The predicted molar refractivity (Wildman–Crippen MR) is 92.2 cm³/mol. The number of hydrogen-bond acceptors (Lipinski definition) is 3. The Hall–Kier alpha value is -2.04. The summed E-state index contributed by atoms with van der Waals surface area (Å²) in [6, 6.07) is 15.9. The van der Waals surface area contributed by atoms with Crippen molar-refractivity contribution in [2.75, 3.05) is 6.54 Å². The molecule has 22 heavy (non-hydrogen) atoms. The topological polar surface area (TPSA) is 46.2 Å². The molecule has 112 valence electrons. The summed E-state index contributed by atoms with van der Waals surface area (Å²) < 4.78 is 0. The number of ketones is 1. The molecular weight excluding hydrogens is 318 g/mol. The summed E-state index contributed by atoms with van der Waals surface area (Å²) in [6.45, 7) is -0.0901. The van der Waals surface area contributed by atoms with Crippen LogP contribution in [0.15, 0.2) is 59.5 Å². The minimum atomic E-state index is -0.394. The standard InChI is InChI=1S/C17H14ClNO2S/c18-14-8-6-13(7-9-14)15(20)11-19-17(21)16(22)10-12-4-2-1-3-5-12/h1-10,22H,11H2,(H,19,21)/b16-10-. The maximum absolute atomic E-state index is 11.9. The molecular formula is C17H14ClNO2S. The van der Waals surface area contributed by atoms with E-state index in [9.17, 15) is 9.59 Å². The zero-order valence-electron chi connectivity index (χ0n) is 11.6. The highest BCUT2D eigenvalue weighted by Gasteiger charge is 2.10. The Kier molecular flexibility index (Phi) is 5.81. The highest BCUT2D eigenvalue weighted by molar-refractivity contribution is 7.85. The first-order chi connectivity index (χ1) is 10.6. The van der Waals surface area contributed by atoms with E-state index in [4.69, 9.17) is 11.6 Å². The van der Waals surface area contributed by atoms with Gasteiger partial charge in [0.05, 0.1) is 11.4 Å². The molecule has 1 amide bonds. The molecule has 0 aromatic heterocycles. The second-order valence-electron chi connectivity index (χ2n) is 4.55. The molecule has 0 aliphatic rings. The van der Waals surface area contributed by atoms with Gasteiger partial charge in [0.1, 0.15) is 0 Å². The Morgan fingerprint density at radius 1 is 1.05 bits per heavy atom. The first-order valence-corrected chi connectivity index (χ1v) is 7.41. The molecule has 2 rings (SSSR count). The lowest BCUT2D eigenvalue weighted by molar-refractivity contribution is -0.116. The van der Waals surface area contributed by atoms with Crippen LogP contribution in [0.5, 0.6) is 0 Å². The molecule has 0 aliphatic heterocycles. The van der Waals surface area contributed by atoms with Gasteiger partial charge >= 0.3 is 0 Å². The lowest BCUT2D eigenvalue weighted by atomic mass is 10.1. The zero-order chi connectivity index (χ0) is 15.9. The summed E-state index contributed by atoms with van der Waals surface area (Å²) in [5, 5.41) is 3.11. The molecule has 0 saturated carbocycles. The van der Waals surface area contributed by atoms with Gasteiger partial charge in [0.2, 0.25) is 0 Å². The molecule has 0 radical (unpaired) electrons. The molecule has 2 aromatic rings. The van der Waals surface area contributed by atoms with Crippen molar-refractivity contribution in [2.45, 2.75) is 0 Å². The third-order valence-electron chi connectivity index (χ3n) is 2.91. The van der Waals surface area contributed by atoms with Crippen LogP contribution in [0.1, 0.15) is 15.9 Å². The van der Waals surface area contributed by atoms with Gasteiger partial charge in [-0.3, -0.25) is 9.59 Å². The van der Waals surface area contributed by atoms with E-state index >= 15 is 0 Å². The van der Waals surface area contributed by atoms with Crippen molar-refractivity contribution in [3.63, 3.8) is 0 Å². The molecule has 0 unspecified atom stereocenters. The molecule has 0 atom stereocenters. The molecule has 0 aliphatic carbocycles. The minimum absolute atomic E-state index is 0.0901. The van der Waals surface area contributed by atoms with Crippen molar-refractivity contribution in [2.24, 2.45) is 0 Å². The molecule has 0 fully saturated rings. The van der Waals surface area contributed by atoms with Crippen LogP contribution in [0.3, 0.4) is 0 Å². The van der Waals surface area contributed by atoms with Gasteiger partial charge < -0.3 is 5.32 Å². The van der Waals surface area contributed by atoms with Crippen molar-refractivity contribution in [3.8, 4) is 0 Å². The van der Waals surface area contributed by atoms with E-state index in [1.54, 1.807) is 30.3 Å². The fourth-order valence-electron chi connectivity index (χ4n) is 1.76. The quantitative estimate of drug-likeness (QED) is 0.499. The van der Waals surface area contributed by atoms with Gasteiger partial charge in [0, 0.05) is 10.6 Å². The van der Waals surface area contributed by atoms with E-state index < -0.39 is 5.91 Å². The smallest absolute Gasteiger partial charge is 0.257 e. The predicted octanol–water partition coefficient (Wildman–Crippen LogP) is 3.61. The monoisotopic (exact) mass is 331 g/mol. The number of thiol groups is 1. The van der Waals surface area contributed by atoms with Crippen LogP contribution in [0, 0.1) is 0 Å². The van der Waals surface area contributed by atoms with Gasteiger partial charge in [-0.2, -0.15) is 0 Å². The number of benzene rings is 2. The summed E-state index contributed by atoms with van der Waals surface area (Å²) in [7, 11) is 0. The number of nitrogens with one attached hydrogen (secondary N) is 1. The number of carbonyl (C=O) groups is 2. The van der Waals surface area contributed by atoms with Crippen molar-refractivity contribution in [1.82, 2.24) is 5.32 Å². The molecule has 0 heterocycles. The summed E-state index contributed by atoms with van der Waals surface area (Å²) >= 11 is 9.92. The van der Waals surface area contributed by atoms with Crippen LogP contribution in [0.25, 0.3) is 6.08 Å². The van der Waals surface area contributed by atoms with Crippen LogP contribution in [0.4, 0.5) is 0 Å². The normalized spacial score (nSPS) is 11.1. The molecule has 0 bridgehead atoms. The maximum Gasteiger partial charge on any atom is 0.257 e. The van der Waals surface area contributed by atoms with Crippen molar-refractivity contribution in [1.29, 1.82) is 0 Å². The summed E-state index contributed by atoms with van der Waals surface area (Å²) in [5.74, 6) is -0.583. The van der Waals surface area contributed by atoms with Gasteiger partial charge in [-0.25, -0.2) is 0 Å². The first kappa shape index (κ1) is 16.3. The zero-order valence-corrected chi connectivity index (χ0v) is 13.3. The molecule has 2 aromatic carbocycles. The fourth-order valence-corrected chi connectivity index (χ4v) is 2.12. The summed E-state index contributed by atoms with van der Waals surface area (Å²) in [4.78, 5) is 24.1. The largest absolute Gasteiger partial charge is 0.344 e. The highest BCUT2D eigenvalue weighted by atomic mass is 35.5. The Labute approximate surface area is 139 Å². The van der Waals surface area contributed by atoms with Gasteiger partial charge in [0.15, 0.2) is 5.78 Å². The first-order valence-electron chi connectivity index (χ1n) is 6.59. The second-order valence-corrected chi connectivity index (χ2v) is 5.47. The number of amides is 1. The van der Waals surface area contributed by atoms with E-state index in [2.05, 4.69) is 17.9 Å². The van der Waals surface area contributed by atoms with Gasteiger partial charge in [-0.05, 0) is 35.9 Å². The Morgan fingerprint density at radius 3 is 2.32 bits per heavy atom. The van der Waals surface area contributed by atoms with E-state index in [1.165, 1.54) is 0 Å². The third kappa shape index (κ3) is 4.76. The molecule has 3 nitrogen and oxygen atoms in total. The van der Waals surface area contributed by atoms with Crippen LogP contribution >= 0.6 is 24.2 Å². The Bertz CT molecular complexity index is 696. The maximum atomic E-state index is 11.9. The molecule has 1 N–H and O–H groups in total. The molecule has 5 heteroatoms. The van der Waals surface area contributed by atoms with E-state index in [0.29, 0.717) is 10.6 Å². The fraction of sp³-hybridized carbons (Fsp3) is 0.0588. The van der Waals surface area contributed by atoms with Crippen LogP contribution in [-0.2, 0) is 4.79 Å². The molecule has 0 saturated heterocycles. The van der Waals surface area contributed by atoms with Gasteiger partial charge in [-0.1, -0.05) is 41.9 Å². The Morgan fingerprint density at radius 2 is 1.68 bits per heavy atom. The number of halogens is 1. The number of carbonyl (C=O) groups excluding carboxylic acids is 2. The number of hydrogen-bond donors (Lipinski definition) is 2. The summed E-state index contributed by atoms with van der Waals surface area (Å²) in [5.41, 5.74) is 1.36.